The Balaban J connectivity index is 0.00000312. The number of rotatable bonds is 6. The fourth-order valence-corrected chi connectivity index (χ4v) is 3.40. The van der Waals surface area contributed by atoms with Gasteiger partial charge in [-0.1, -0.05) is 6.92 Å². The highest BCUT2D eigenvalue weighted by atomic mass is 35.5. The lowest BCUT2D eigenvalue weighted by Crippen LogP contribution is -2.38. The number of anilines is 1. The van der Waals surface area contributed by atoms with Gasteiger partial charge in [0.2, 0.25) is 11.8 Å². The Morgan fingerprint density at radius 3 is 2.60 bits per heavy atom. The first kappa shape index (κ1) is 21.7. The average Bonchev–Trinajstić information content (AvgIpc) is 2.97. The lowest BCUT2D eigenvalue weighted by atomic mass is 9.90. The molecule has 0 bridgehead atoms. The van der Waals surface area contributed by atoms with E-state index >= 15 is 0 Å². The highest BCUT2D eigenvalue weighted by Crippen LogP contribution is 2.30. The van der Waals surface area contributed by atoms with E-state index in [0.717, 1.165) is 13.0 Å². The highest BCUT2D eigenvalue weighted by molar-refractivity contribution is 8.01. The van der Waals surface area contributed by atoms with Crippen molar-refractivity contribution in [3.8, 4) is 0 Å². The molecular weight excluding hydrogens is 365 g/mol. The van der Waals surface area contributed by atoms with E-state index in [9.17, 15) is 14.0 Å². The molecule has 3 N–H and O–H groups in total. The predicted octanol–water partition coefficient (Wildman–Crippen LogP) is 2.51. The summed E-state index contributed by atoms with van der Waals surface area (Å²) >= 11 is 1.30. The Morgan fingerprint density at radius 1 is 1.40 bits per heavy atom. The van der Waals surface area contributed by atoms with E-state index in [-0.39, 0.29) is 46.5 Å². The molecule has 2 amide bonds. The van der Waals surface area contributed by atoms with Crippen molar-refractivity contribution in [2.45, 2.75) is 25.5 Å². The lowest BCUT2D eigenvalue weighted by Gasteiger charge is -2.24. The van der Waals surface area contributed by atoms with Gasteiger partial charge in [-0.15, -0.1) is 24.2 Å². The summed E-state index contributed by atoms with van der Waals surface area (Å²) in [7, 11) is 0. The van der Waals surface area contributed by atoms with E-state index in [1.54, 1.807) is 0 Å². The topological polar surface area (TPSA) is 75.4 Å². The number of thioether (sulfide) groups is 1. The van der Waals surface area contributed by atoms with Gasteiger partial charge in [-0.2, -0.15) is 0 Å². The highest BCUT2D eigenvalue weighted by Gasteiger charge is 2.36. The molecule has 1 fully saturated rings. The van der Waals surface area contributed by atoms with E-state index in [1.807, 2.05) is 11.8 Å². The average molecular weight is 390 g/mol. The molecule has 0 radical (unpaired) electrons. The first-order chi connectivity index (χ1) is 11.3. The molecule has 8 heteroatoms. The minimum atomic E-state index is -0.350. The van der Waals surface area contributed by atoms with Gasteiger partial charge >= 0.3 is 0 Å². The van der Waals surface area contributed by atoms with Gasteiger partial charge in [-0.3, -0.25) is 9.59 Å². The summed E-state index contributed by atoms with van der Waals surface area (Å²) in [4.78, 5) is 26.2. The van der Waals surface area contributed by atoms with E-state index in [4.69, 9.17) is 5.73 Å². The van der Waals surface area contributed by atoms with Crippen LogP contribution < -0.4 is 11.1 Å². The number of halogens is 2. The number of carbonyl (C=O) groups excluding carboxylic acids is 2. The van der Waals surface area contributed by atoms with Gasteiger partial charge in [0.05, 0.1) is 11.0 Å². The lowest BCUT2D eigenvalue weighted by molar-refractivity contribution is -0.129. The van der Waals surface area contributed by atoms with Crippen LogP contribution in [0.1, 0.15) is 20.3 Å². The number of amides is 2. The van der Waals surface area contributed by atoms with Gasteiger partial charge in [-0.25, -0.2) is 4.39 Å². The Labute approximate surface area is 158 Å². The minimum Gasteiger partial charge on any atom is -0.341 e. The number of carbonyl (C=O) groups is 2. The van der Waals surface area contributed by atoms with Crippen molar-refractivity contribution in [3.05, 3.63) is 30.1 Å². The zero-order valence-corrected chi connectivity index (χ0v) is 16.1. The van der Waals surface area contributed by atoms with E-state index in [0.29, 0.717) is 18.8 Å². The van der Waals surface area contributed by atoms with Crippen LogP contribution in [-0.2, 0) is 9.59 Å². The van der Waals surface area contributed by atoms with Gasteiger partial charge < -0.3 is 16.0 Å². The number of nitrogens with zero attached hydrogens (tertiary/aromatic N) is 1. The van der Waals surface area contributed by atoms with E-state index in [1.165, 1.54) is 36.0 Å². The molecule has 1 saturated heterocycles. The van der Waals surface area contributed by atoms with Gasteiger partial charge in [-0.05, 0) is 49.6 Å². The zero-order chi connectivity index (χ0) is 17.7. The van der Waals surface area contributed by atoms with Crippen molar-refractivity contribution in [3.63, 3.8) is 0 Å². The Kier molecular flexibility index (Phi) is 8.18. The van der Waals surface area contributed by atoms with Gasteiger partial charge in [0, 0.05) is 18.8 Å². The van der Waals surface area contributed by atoms with Crippen molar-refractivity contribution in [1.82, 2.24) is 4.90 Å². The van der Waals surface area contributed by atoms with Crippen LogP contribution in [0.4, 0.5) is 10.1 Å². The quantitative estimate of drug-likeness (QED) is 0.783. The standard InChI is InChI=1S/C17H24FN3O2S.ClH/c1-12(16(23)21-8-7-17(2,10-19)11-21)24-9-15(22)20-14-5-3-13(18)4-6-14;/h3-6,12H,7-11,19H2,1-2H3,(H,20,22);1H. The summed E-state index contributed by atoms with van der Waals surface area (Å²) in [6.45, 7) is 5.87. The predicted molar refractivity (Wildman–Crippen MR) is 103 cm³/mol. The van der Waals surface area contributed by atoms with Crippen LogP contribution in [0.5, 0.6) is 0 Å². The van der Waals surface area contributed by atoms with E-state index in [2.05, 4.69) is 12.2 Å². The molecule has 0 aromatic heterocycles. The van der Waals surface area contributed by atoms with Crippen molar-refractivity contribution >= 4 is 41.7 Å². The number of likely N-dealkylation sites (tertiary alicyclic amines) is 1. The number of hydrogen-bond acceptors (Lipinski definition) is 4. The molecule has 140 valence electrons. The van der Waals surface area contributed by atoms with Gasteiger partial charge in [0.1, 0.15) is 5.82 Å². The number of nitrogens with two attached hydrogens (primary N) is 1. The summed E-state index contributed by atoms with van der Waals surface area (Å²) in [5, 5.41) is 2.40. The maximum atomic E-state index is 12.8. The summed E-state index contributed by atoms with van der Waals surface area (Å²) in [6.07, 6.45) is 0.914. The smallest absolute Gasteiger partial charge is 0.235 e. The second-order valence-corrected chi connectivity index (χ2v) is 7.86. The third-order valence-corrected chi connectivity index (χ3v) is 5.43. The molecule has 1 aromatic carbocycles. The van der Waals surface area contributed by atoms with Crippen LogP contribution in [0.15, 0.2) is 24.3 Å². The Bertz CT molecular complexity index is 602. The fourth-order valence-electron chi connectivity index (χ4n) is 2.64. The van der Waals surface area contributed by atoms with Crippen molar-refractivity contribution < 1.29 is 14.0 Å². The number of hydrogen-bond donors (Lipinski definition) is 2. The third kappa shape index (κ3) is 6.17. The summed E-state index contributed by atoms with van der Waals surface area (Å²) < 4.78 is 12.8. The van der Waals surface area contributed by atoms with Gasteiger partial charge in [0.25, 0.3) is 0 Å². The van der Waals surface area contributed by atoms with Crippen LogP contribution in [0.25, 0.3) is 0 Å². The summed E-state index contributed by atoms with van der Waals surface area (Å²) in [5.74, 6) is -0.338. The first-order valence-electron chi connectivity index (χ1n) is 7.99. The van der Waals surface area contributed by atoms with Crippen molar-refractivity contribution in [2.24, 2.45) is 11.1 Å². The molecule has 1 aliphatic rings. The first-order valence-corrected chi connectivity index (χ1v) is 9.04. The van der Waals surface area contributed by atoms with Crippen molar-refractivity contribution in [1.29, 1.82) is 0 Å². The molecule has 2 unspecified atom stereocenters. The monoisotopic (exact) mass is 389 g/mol. The van der Waals surface area contributed by atoms with Crippen LogP contribution in [-0.4, -0.2) is 47.4 Å². The Morgan fingerprint density at radius 2 is 2.04 bits per heavy atom. The maximum absolute atomic E-state index is 12.8. The van der Waals surface area contributed by atoms with Crippen molar-refractivity contribution in [2.75, 3.05) is 30.7 Å². The van der Waals surface area contributed by atoms with Crippen LogP contribution in [0.3, 0.4) is 0 Å². The molecule has 5 nitrogen and oxygen atoms in total. The minimum absolute atomic E-state index is 0. The van der Waals surface area contributed by atoms with Crippen LogP contribution >= 0.6 is 24.2 Å². The second-order valence-electron chi connectivity index (χ2n) is 6.53. The Hall–Kier alpha value is -1.31. The van der Waals surface area contributed by atoms with Crippen LogP contribution in [0.2, 0.25) is 0 Å². The number of benzene rings is 1. The zero-order valence-electron chi connectivity index (χ0n) is 14.5. The van der Waals surface area contributed by atoms with Gasteiger partial charge in [0.15, 0.2) is 0 Å². The van der Waals surface area contributed by atoms with Crippen LogP contribution in [0, 0.1) is 11.2 Å². The summed E-state index contributed by atoms with van der Waals surface area (Å²) in [5.41, 5.74) is 6.31. The third-order valence-electron chi connectivity index (χ3n) is 4.30. The summed E-state index contributed by atoms with van der Waals surface area (Å²) in [6, 6.07) is 5.59. The maximum Gasteiger partial charge on any atom is 0.235 e. The molecule has 1 heterocycles. The largest absolute Gasteiger partial charge is 0.341 e. The molecule has 0 aliphatic carbocycles. The molecule has 0 saturated carbocycles. The molecule has 25 heavy (non-hydrogen) atoms. The van der Waals surface area contributed by atoms with E-state index < -0.39 is 0 Å². The second kappa shape index (κ2) is 9.40. The number of nitrogens with one attached hydrogen (secondary N) is 1. The fraction of sp³-hybridized carbons (Fsp3) is 0.529. The molecule has 1 aliphatic heterocycles. The molecule has 2 rings (SSSR count). The normalized spacial score (nSPS) is 20.7. The molecule has 2 atom stereocenters. The molecule has 1 aromatic rings. The molecular formula is C17H25ClFN3O2S. The molecule has 0 spiro atoms. The SMILES string of the molecule is CC(SCC(=O)Nc1ccc(F)cc1)C(=O)N1CCC(C)(CN)C1.Cl.